The van der Waals surface area contributed by atoms with Crippen LogP contribution in [0.1, 0.15) is 26.5 Å². The molecule has 0 saturated carbocycles. The van der Waals surface area contributed by atoms with Crippen LogP contribution in [0.15, 0.2) is 12.5 Å². The van der Waals surface area contributed by atoms with E-state index in [4.69, 9.17) is 0 Å². The predicted molar refractivity (Wildman–Crippen MR) is 65.8 cm³/mol. The Morgan fingerprint density at radius 2 is 1.94 bits per heavy atom. The molecule has 2 heterocycles. The normalized spacial score (nSPS) is 17.6. The summed E-state index contributed by atoms with van der Waals surface area (Å²) in [6.07, 6.45) is 3.59. The molecule has 0 bridgehead atoms. The zero-order valence-corrected chi connectivity index (χ0v) is 10.3. The summed E-state index contributed by atoms with van der Waals surface area (Å²) in [7, 11) is 0. The highest BCUT2D eigenvalue weighted by molar-refractivity contribution is 5.51. The molecule has 1 aliphatic rings. The molecule has 16 heavy (non-hydrogen) atoms. The molecule has 0 atom stereocenters. The number of piperazine rings is 1. The standard InChI is InChI=1S/C12H20N4/c1-12(2,3)11-10(8-14-9-15-11)16-6-4-13-5-7-16/h8-9,13H,4-7H2,1-3H3. The van der Waals surface area contributed by atoms with E-state index in [9.17, 15) is 0 Å². The second-order valence-corrected chi connectivity index (χ2v) is 5.24. The van der Waals surface area contributed by atoms with E-state index >= 15 is 0 Å². The monoisotopic (exact) mass is 220 g/mol. The van der Waals surface area contributed by atoms with Crippen molar-refractivity contribution in [1.29, 1.82) is 0 Å². The molecule has 0 aliphatic carbocycles. The van der Waals surface area contributed by atoms with Crippen molar-refractivity contribution < 1.29 is 0 Å². The number of rotatable bonds is 1. The van der Waals surface area contributed by atoms with Gasteiger partial charge in [0.1, 0.15) is 6.33 Å². The van der Waals surface area contributed by atoms with Crippen molar-refractivity contribution in [1.82, 2.24) is 15.3 Å². The zero-order valence-electron chi connectivity index (χ0n) is 10.3. The largest absolute Gasteiger partial charge is 0.366 e. The van der Waals surface area contributed by atoms with E-state index < -0.39 is 0 Å². The van der Waals surface area contributed by atoms with Gasteiger partial charge in [-0.3, -0.25) is 0 Å². The molecule has 1 saturated heterocycles. The fraction of sp³-hybridized carbons (Fsp3) is 0.667. The van der Waals surface area contributed by atoms with Crippen LogP contribution in [0.25, 0.3) is 0 Å². The Balaban J connectivity index is 2.32. The molecule has 4 nitrogen and oxygen atoms in total. The van der Waals surface area contributed by atoms with Crippen LogP contribution in [0.3, 0.4) is 0 Å². The summed E-state index contributed by atoms with van der Waals surface area (Å²) in [5.41, 5.74) is 2.41. The number of hydrogen-bond acceptors (Lipinski definition) is 4. The number of hydrogen-bond donors (Lipinski definition) is 1. The summed E-state index contributed by atoms with van der Waals surface area (Å²) in [5, 5.41) is 3.36. The van der Waals surface area contributed by atoms with Gasteiger partial charge in [0.05, 0.1) is 17.6 Å². The van der Waals surface area contributed by atoms with Gasteiger partial charge in [0.2, 0.25) is 0 Å². The fourth-order valence-corrected chi connectivity index (χ4v) is 2.04. The molecular formula is C12H20N4. The van der Waals surface area contributed by atoms with Crippen molar-refractivity contribution in [2.24, 2.45) is 0 Å². The summed E-state index contributed by atoms with van der Waals surface area (Å²) in [5.74, 6) is 0. The van der Waals surface area contributed by atoms with Gasteiger partial charge >= 0.3 is 0 Å². The Hall–Kier alpha value is -1.16. The summed E-state index contributed by atoms with van der Waals surface area (Å²) in [6.45, 7) is 10.7. The van der Waals surface area contributed by atoms with Crippen LogP contribution in [0.5, 0.6) is 0 Å². The highest BCUT2D eigenvalue weighted by Crippen LogP contribution is 2.29. The number of nitrogens with zero attached hydrogens (tertiary/aromatic N) is 3. The quantitative estimate of drug-likeness (QED) is 0.771. The summed E-state index contributed by atoms with van der Waals surface area (Å²) in [6, 6.07) is 0. The first-order chi connectivity index (χ1) is 7.59. The molecule has 1 aromatic rings. The predicted octanol–water partition coefficient (Wildman–Crippen LogP) is 1.18. The van der Waals surface area contributed by atoms with Gasteiger partial charge in [0.15, 0.2) is 0 Å². The molecule has 0 spiro atoms. The van der Waals surface area contributed by atoms with Crippen LogP contribution in [0.2, 0.25) is 0 Å². The molecule has 1 aliphatic heterocycles. The van der Waals surface area contributed by atoms with Gasteiger partial charge in [-0.2, -0.15) is 0 Å². The number of aromatic nitrogens is 2. The molecule has 2 rings (SSSR count). The Bertz CT molecular complexity index is 350. The Morgan fingerprint density at radius 3 is 2.56 bits per heavy atom. The fourth-order valence-electron chi connectivity index (χ4n) is 2.04. The summed E-state index contributed by atoms with van der Waals surface area (Å²) >= 11 is 0. The van der Waals surface area contributed by atoms with Gasteiger partial charge in [-0.15, -0.1) is 0 Å². The molecule has 0 radical (unpaired) electrons. The van der Waals surface area contributed by atoms with Crippen molar-refractivity contribution >= 4 is 5.69 Å². The van der Waals surface area contributed by atoms with Crippen LogP contribution in [-0.2, 0) is 5.41 Å². The molecule has 88 valence electrons. The molecule has 1 N–H and O–H groups in total. The maximum Gasteiger partial charge on any atom is 0.115 e. The van der Waals surface area contributed by atoms with Crippen molar-refractivity contribution in [3.8, 4) is 0 Å². The maximum absolute atomic E-state index is 4.45. The van der Waals surface area contributed by atoms with E-state index in [0.29, 0.717) is 0 Å². The zero-order chi connectivity index (χ0) is 11.6. The third-order valence-corrected chi connectivity index (χ3v) is 2.86. The number of anilines is 1. The lowest BCUT2D eigenvalue weighted by atomic mass is 9.90. The van der Waals surface area contributed by atoms with Gasteiger partial charge in [0, 0.05) is 31.6 Å². The van der Waals surface area contributed by atoms with Crippen molar-refractivity contribution in [3.63, 3.8) is 0 Å². The van der Waals surface area contributed by atoms with E-state index in [-0.39, 0.29) is 5.41 Å². The second-order valence-electron chi connectivity index (χ2n) is 5.24. The minimum Gasteiger partial charge on any atom is -0.366 e. The smallest absolute Gasteiger partial charge is 0.115 e. The first kappa shape index (κ1) is 11.3. The molecule has 4 heteroatoms. The minimum absolute atomic E-state index is 0.0726. The Labute approximate surface area is 97.1 Å². The first-order valence-electron chi connectivity index (χ1n) is 5.85. The van der Waals surface area contributed by atoms with Crippen LogP contribution >= 0.6 is 0 Å². The number of nitrogens with one attached hydrogen (secondary N) is 1. The molecule has 0 amide bonds. The average Bonchev–Trinajstić information content (AvgIpc) is 2.29. The maximum atomic E-state index is 4.45. The van der Waals surface area contributed by atoms with E-state index in [1.165, 1.54) is 5.69 Å². The minimum atomic E-state index is 0.0726. The van der Waals surface area contributed by atoms with Crippen molar-refractivity contribution in [2.75, 3.05) is 31.1 Å². The lowest BCUT2D eigenvalue weighted by Crippen LogP contribution is -2.44. The van der Waals surface area contributed by atoms with Crippen molar-refractivity contribution in [2.45, 2.75) is 26.2 Å². The Morgan fingerprint density at radius 1 is 1.25 bits per heavy atom. The van der Waals surface area contributed by atoms with E-state index in [1.54, 1.807) is 6.33 Å². The van der Waals surface area contributed by atoms with Gasteiger partial charge in [0.25, 0.3) is 0 Å². The molecule has 1 fully saturated rings. The van der Waals surface area contributed by atoms with Gasteiger partial charge in [-0.05, 0) is 0 Å². The van der Waals surface area contributed by atoms with Crippen LogP contribution < -0.4 is 10.2 Å². The Kier molecular flexibility index (Phi) is 3.10. The lowest BCUT2D eigenvalue weighted by Gasteiger charge is -2.32. The van der Waals surface area contributed by atoms with E-state index in [2.05, 4.69) is 41.0 Å². The molecular weight excluding hydrogens is 200 g/mol. The first-order valence-corrected chi connectivity index (χ1v) is 5.85. The van der Waals surface area contributed by atoms with E-state index in [0.717, 1.165) is 31.9 Å². The van der Waals surface area contributed by atoms with Gasteiger partial charge < -0.3 is 10.2 Å². The highest BCUT2D eigenvalue weighted by Gasteiger charge is 2.23. The molecule has 1 aromatic heterocycles. The van der Waals surface area contributed by atoms with Gasteiger partial charge in [-0.25, -0.2) is 9.97 Å². The second kappa shape index (κ2) is 4.37. The SMILES string of the molecule is CC(C)(C)c1ncncc1N1CCNCC1. The summed E-state index contributed by atoms with van der Waals surface area (Å²) in [4.78, 5) is 11.0. The van der Waals surface area contributed by atoms with Crippen molar-refractivity contribution in [3.05, 3.63) is 18.2 Å². The highest BCUT2D eigenvalue weighted by atomic mass is 15.2. The van der Waals surface area contributed by atoms with Crippen LogP contribution in [0.4, 0.5) is 5.69 Å². The van der Waals surface area contributed by atoms with Crippen LogP contribution in [0, 0.1) is 0 Å². The molecule has 0 unspecified atom stereocenters. The third kappa shape index (κ3) is 2.32. The average molecular weight is 220 g/mol. The third-order valence-electron chi connectivity index (χ3n) is 2.86. The van der Waals surface area contributed by atoms with E-state index in [1.807, 2.05) is 6.20 Å². The molecule has 0 aromatic carbocycles. The van der Waals surface area contributed by atoms with Gasteiger partial charge in [-0.1, -0.05) is 20.8 Å². The summed E-state index contributed by atoms with van der Waals surface area (Å²) < 4.78 is 0. The lowest BCUT2D eigenvalue weighted by molar-refractivity contribution is 0.547. The van der Waals surface area contributed by atoms with Crippen LogP contribution in [-0.4, -0.2) is 36.1 Å². The topological polar surface area (TPSA) is 41.1 Å².